The number of primary amides is 1. The predicted molar refractivity (Wildman–Crippen MR) is 84.0 cm³/mol. The summed E-state index contributed by atoms with van der Waals surface area (Å²) in [5, 5.41) is 2.98. The quantitative estimate of drug-likeness (QED) is 0.782. The van der Waals surface area contributed by atoms with Crippen molar-refractivity contribution in [3.05, 3.63) is 35.4 Å². The van der Waals surface area contributed by atoms with Gasteiger partial charge in [0.1, 0.15) is 0 Å². The molecule has 5 N–H and O–H groups in total. The number of amides is 2. The Bertz CT molecular complexity index is 490. The molecular weight excluding hydrogens is 290 g/mol. The average Bonchev–Trinajstić information content (AvgIpc) is 2.47. The van der Waals surface area contributed by atoms with E-state index < -0.39 is 0 Å². The van der Waals surface area contributed by atoms with Crippen LogP contribution in [-0.2, 0) is 11.3 Å². The van der Waals surface area contributed by atoms with Gasteiger partial charge in [-0.25, -0.2) is 0 Å². The molecule has 116 valence electrons. The van der Waals surface area contributed by atoms with E-state index in [4.69, 9.17) is 11.5 Å². The van der Waals surface area contributed by atoms with Crippen molar-refractivity contribution in [2.24, 2.45) is 17.4 Å². The smallest absolute Gasteiger partial charge is 0.251 e. The molecule has 0 aliphatic heterocycles. The number of benzene rings is 1. The summed E-state index contributed by atoms with van der Waals surface area (Å²) < 4.78 is 0. The monoisotopic (exact) mass is 311 g/mol. The summed E-state index contributed by atoms with van der Waals surface area (Å²) in [5.74, 6) is -0.492. The zero-order chi connectivity index (χ0) is 14.5. The van der Waals surface area contributed by atoms with Gasteiger partial charge in [-0.1, -0.05) is 18.6 Å². The van der Waals surface area contributed by atoms with Crippen LogP contribution in [0.2, 0.25) is 0 Å². The van der Waals surface area contributed by atoms with Gasteiger partial charge in [0.2, 0.25) is 5.91 Å². The molecule has 2 unspecified atom stereocenters. The SMILES string of the molecule is Cl.NCc1ccc(C(=O)NC2CCCC(C(N)=O)C2)cc1. The molecule has 0 radical (unpaired) electrons. The molecule has 1 aliphatic rings. The van der Waals surface area contributed by atoms with Crippen LogP contribution in [0.25, 0.3) is 0 Å². The van der Waals surface area contributed by atoms with Crippen LogP contribution >= 0.6 is 12.4 Å². The molecule has 0 aromatic heterocycles. The summed E-state index contributed by atoms with van der Waals surface area (Å²) >= 11 is 0. The molecule has 0 bridgehead atoms. The lowest BCUT2D eigenvalue weighted by molar-refractivity contribution is -0.122. The molecule has 1 aromatic rings. The van der Waals surface area contributed by atoms with Crippen molar-refractivity contribution in [3.8, 4) is 0 Å². The first-order chi connectivity index (χ1) is 9.60. The highest BCUT2D eigenvalue weighted by atomic mass is 35.5. The maximum Gasteiger partial charge on any atom is 0.251 e. The van der Waals surface area contributed by atoms with Gasteiger partial charge in [-0.3, -0.25) is 9.59 Å². The Kier molecular flexibility index (Phi) is 6.65. The molecule has 2 rings (SSSR count). The minimum absolute atomic E-state index is 0. The van der Waals surface area contributed by atoms with Crippen molar-refractivity contribution in [2.45, 2.75) is 38.3 Å². The van der Waals surface area contributed by atoms with Gasteiger partial charge in [-0.05, 0) is 37.0 Å². The van der Waals surface area contributed by atoms with Crippen LogP contribution in [0.4, 0.5) is 0 Å². The van der Waals surface area contributed by atoms with Gasteiger partial charge >= 0.3 is 0 Å². The number of rotatable bonds is 4. The highest BCUT2D eigenvalue weighted by Crippen LogP contribution is 2.24. The van der Waals surface area contributed by atoms with E-state index in [-0.39, 0.29) is 36.2 Å². The largest absolute Gasteiger partial charge is 0.369 e. The third-order valence-corrected chi connectivity index (χ3v) is 3.86. The Balaban J connectivity index is 0.00000220. The van der Waals surface area contributed by atoms with E-state index in [0.29, 0.717) is 18.5 Å². The summed E-state index contributed by atoms with van der Waals surface area (Å²) in [5.41, 5.74) is 12.5. The zero-order valence-electron chi connectivity index (χ0n) is 11.9. The van der Waals surface area contributed by atoms with Crippen LogP contribution in [0.15, 0.2) is 24.3 Å². The fraction of sp³-hybridized carbons (Fsp3) is 0.467. The lowest BCUT2D eigenvalue weighted by Gasteiger charge is -2.27. The highest BCUT2D eigenvalue weighted by Gasteiger charge is 2.26. The Labute approximate surface area is 130 Å². The van der Waals surface area contributed by atoms with Crippen molar-refractivity contribution in [2.75, 3.05) is 0 Å². The van der Waals surface area contributed by atoms with Crippen molar-refractivity contribution < 1.29 is 9.59 Å². The van der Waals surface area contributed by atoms with E-state index in [1.807, 2.05) is 12.1 Å². The van der Waals surface area contributed by atoms with Crippen LogP contribution in [0, 0.1) is 5.92 Å². The minimum atomic E-state index is -0.267. The fourth-order valence-electron chi connectivity index (χ4n) is 2.64. The second kappa shape index (κ2) is 8.00. The van der Waals surface area contributed by atoms with Crippen LogP contribution in [0.5, 0.6) is 0 Å². The molecule has 2 atom stereocenters. The van der Waals surface area contributed by atoms with E-state index in [2.05, 4.69) is 5.32 Å². The van der Waals surface area contributed by atoms with E-state index in [1.165, 1.54) is 0 Å². The highest BCUT2D eigenvalue weighted by molar-refractivity contribution is 5.94. The maximum atomic E-state index is 12.1. The van der Waals surface area contributed by atoms with Gasteiger partial charge in [0, 0.05) is 24.1 Å². The molecule has 21 heavy (non-hydrogen) atoms. The number of nitrogens with two attached hydrogens (primary N) is 2. The first-order valence-electron chi connectivity index (χ1n) is 6.99. The van der Waals surface area contributed by atoms with Crippen LogP contribution < -0.4 is 16.8 Å². The molecule has 1 fully saturated rings. The first-order valence-corrected chi connectivity index (χ1v) is 6.99. The third kappa shape index (κ3) is 4.72. The van der Waals surface area contributed by atoms with Crippen LogP contribution in [0.1, 0.15) is 41.6 Å². The fourth-order valence-corrected chi connectivity index (χ4v) is 2.64. The van der Waals surface area contributed by atoms with E-state index >= 15 is 0 Å². The van der Waals surface area contributed by atoms with Crippen molar-refractivity contribution in [3.63, 3.8) is 0 Å². The maximum absolute atomic E-state index is 12.1. The van der Waals surface area contributed by atoms with Gasteiger partial charge in [-0.15, -0.1) is 12.4 Å². The summed E-state index contributed by atoms with van der Waals surface area (Å²) in [7, 11) is 0. The predicted octanol–water partition coefficient (Wildman–Crippen LogP) is 1.34. The number of carbonyl (C=O) groups excluding carboxylic acids is 2. The van der Waals surface area contributed by atoms with Crippen molar-refractivity contribution >= 4 is 24.2 Å². The summed E-state index contributed by atoms with van der Waals surface area (Å²) in [4.78, 5) is 23.4. The van der Waals surface area contributed by atoms with Crippen LogP contribution in [0.3, 0.4) is 0 Å². The molecule has 1 aliphatic carbocycles. The molecule has 2 amide bonds. The number of hydrogen-bond donors (Lipinski definition) is 3. The zero-order valence-corrected chi connectivity index (χ0v) is 12.7. The van der Waals surface area contributed by atoms with Crippen molar-refractivity contribution in [1.29, 1.82) is 0 Å². The third-order valence-electron chi connectivity index (χ3n) is 3.86. The number of halogens is 1. The molecule has 1 saturated carbocycles. The van der Waals surface area contributed by atoms with Gasteiger partial charge in [0.25, 0.3) is 5.91 Å². The standard InChI is InChI=1S/C15H21N3O2.ClH/c16-9-10-4-6-11(7-5-10)15(20)18-13-3-1-2-12(8-13)14(17)19;/h4-7,12-13H,1-3,8-9,16H2,(H2,17,19)(H,18,20);1H. The van der Waals surface area contributed by atoms with E-state index in [0.717, 1.165) is 24.8 Å². The lowest BCUT2D eigenvalue weighted by atomic mass is 9.85. The molecule has 6 heteroatoms. The molecule has 0 heterocycles. The lowest BCUT2D eigenvalue weighted by Crippen LogP contribution is -2.41. The molecule has 5 nitrogen and oxygen atoms in total. The summed E-state index contributed by atoms with van der Waals surface area (Å²) in [6.07, 6.45) is 3.29. The van der Waals surface area contributed by atoms with E-state index in [1.54, 1.807) is 12.1 Å². The normalized spacial score (nSPS) is 21.2. The summed E-state index contributed by atoms with van der Waals surface area (Å²) in [6, 6.07) is 7.27. The van der Waals surface area contributed by atoms with Gasteiger partial charge < -0.3 is 16.8 Å². The minimum Gasteiger partial charge on any atom is -0.369 e. The topological polar surface area (TPSA) is 98.2 Å². The number of carbonyl (C=O) groups is 2. The molecular formula is C15H22ClN3O2. The van der Waals surface area contributed by atoms with Crippen LogP contribution in [-0.4, -0.2) is 17.9 Å². The molecule has 1 aromatic carbocycles. The van der Waals surface area contributed by atoms with Gasteiger partial charge in [0.05, 0.1) is 0 Å². The Morgan fingerprint density at radius 1 is 1.19 bits per heavy atom. The second-order valence-electron chi connectivity index (χ2n) is 5.34. The van der Waals surface area contributed by atoms with E-state index in [9.17, 15) is 9.59 Å². The van der Waals surface area contributed by atoms with Gasteiger partial charge in [0.15, 0.2) is 0 Å². The summed E-state index contributed by atoms with van der Waals surface area (Å²) in [6.45, 7) is 0.463. The Morgan fingerprint density at radius 3 is 2.43 bits per heavy atom. The number of hydrogen-bond acceptors (Lipinski definition) is 3. The first kappa shape index (κ1) is 17.5. The second-order valence-corrected chi connectivity index (χ2v) is 5.34. The average molecular weight is 312 g/mol. The van der Waals surface area contributed by atoms with Gasteiger partial charge in [-0.2, -0.15) is 0 Å². The molecule has 0 saturated heterocycles. The Hall–Kier alpha value is -1.59. The van der Waals surface area contributed by atoms with Crippen molar-refractivity contribution in [1.82, 2.24) is 5.32 Å². The number of nitrogens with one attached hydrogen (secondary N) is 1. The Morgan fingerprint density at radius 2 is 1.86 bits per heavy atom. The molecule has 0 spiro atoms.